The van der Waals surface area contributed by atoms with E-state index in [2.05, 4.69) is 0 Å². The SMILES string of the molecule is CC(C)CN(C(=O)c1ccc(Cl)c(S(N)(=O)=O)c1)C1CC1. The summed E-state index contributed by atoms with van der Waals surface area (Å²) in [4.78, 5) is 14.2. The Kier molecular flexibility index (Phi) is 4.60. The topological polar surface area (TPSA) is 80.5 Å². The molecule has 1 aliphatic carbocycles. The summed E-state index contributed by atoms with van der Waals surface area (Å²) in [7, 11) is -3.95. The van der Waals surface area contributed by atoms with Crippen LogP contribution in [0.1, 0.15) is 37.0 Å². The molecule has 0 radical (unpaired) electrons. The summed E-state index contributed by atoms with van der Waals surface area (Å²) in [5.74, 6) is 0.173. The molecule has 1 amide bonds. The number of benzene rings is 1. The number of sulfonamides is 1. The van der Waals surface area contributed by atoms with Crippen LogP contribution in [-0.2, 0) is 10.0 Å². The second kappa shape index (κ2) is 5.94. The highest BCUT2D eigenvalue weighted by atomic mass is 35.5. The van der Waals surface area contributed by atoms with Gasteiger partial charge in [0, 0.05) is 18.2 Å². The molecule has 1 fully saturated rings. The Morgan fingerprint density at radius 3 is 2.52 bits per heavy atom. The summed E-state index contributed by atoms with van der Waals surface area (Å²) in [6.07, 6.45) is 1.99. The van der Waals surface area contributed by atoms with Crippen molar-refractivity contribution < 1.29 is 13.2 Å². The Labute approximate surface area is 130 Å². The van der Waals surface area contributed by atoms with Crippen LogP contribution < -0.4 is 5.14 Å². The Morgan fingerprint density at radius 2 is 2.05 bits per heavy atom. The molecule has 0 aromatic heterocycles. The largest absolute Gasteiger partial charge is 0.335 e. The molecule has 2 rings (SSSR count). The van der Waals surface area contributed by atoms with Gasteiger partial charge in [0.1, 0.15) is 4.90 Å². The van der Waals surface area contributed by atoms with Gasteiger partial charge in [-0.25, -0.2) is 13.6 Å². The van der Waals surface area contributed by atoms with Gasteiger partial charge < -0.3 is 4.90 Å². The second-order valence-corrected chi connectivity index (χ2v) is 7.71. The van der Waals surface area contributed by atoms with Crippen LogP contribution in [0, 0.1) is 5.92 Å². The quantitative estimate of drug-likeness (QED) is 0.899. The zero-order valence-corrected chi connectivity index (χ0v) is 13.6. The first kappa shape index (κ1) is 16.3. The molecule has 2 N–H and O–H groups in total. The molecular formula is C14H19ClN2O3S. The minimum atomic E-state index is -3.95. The highest BCUT2D eigenvalue weighted by Gasteiger charge is 2.33. The number of primary sulfonamides is 1. The molecule has 116 valence electrons. The van der Waals surface area contributed by atoms with Gasteiger partial charge in [0.05, 0.1) is 5.02 Å². The van der Waals surface area contributed by atoms with Crippen LogP contribution in [-0.4, -0.2) is 31.8 Å². The number of nitrogens with zero attached hydrogens (tertiary/aromatic N) is 1. The molecule has 0 bridgehead atoms. The van der Waals surface area contributed by atoms with Gasteiger partial charge in [-0.1, -0.05) is 25.4 Å². The second-order valence-electron chi connectivity index (χ2n) is 5.77. The number of carbonyl (C=O) groups is 1. The van der Waals surface area contributed by atoms with Crippen LogP contribution >= 0.6 is 11.6 Å². The predicted molar refractivity (Wildman–Crippen MR) is 81.7 cm³/mol. The molecule has 0 unspecified atom stereocenters. The number of amides is 1. The van der Waals surface area contributed by atoms with Crippen molar-refractivity contribution in [2.75, 3.05) is 6.54 Å². The minimum Gasteiger partial charge on any atom is -0.335 e. The van der Waals surface area contributed by atoms with E-state index in [9.17, 15) is 13.2 Å². The zero-order chi connectivity index (χ0) is 15.8. The lowest BCUT2D eigenvalue weighted by Crippen LogP contribution is -2.36. The first-order valence-corrected chi connectivity index (χ1v) is 8.76. The normalized spacial score (nSPS) is 15.3. The first-order valence-electron chi connectivity index (χ1n) is 6.83. The van der Waals surface area contributed by atoms with E-state index in [1.165, 1.54) is 18.2 Å². The summed E-state index contributed by atoms with van der Waals surface area (Å²) >= 11 is 5.84. The molecule has 0 aliphatic heterocycles. The van der Waals surface area contributed by atoms with Crippen LogP contribution in [0.5, 0.6) is 0 Å². The third kappa shape index (κ3) is 3.96. The molecule has 0 heterocycles. The van der Waals surface area contributed by atoms with Crippen molar-refractivity contribution in [2.24, 2.45) is 11.1 Å². The summed E-state index contributed by atoms with van der Waals surface area (Å²) in [5, 5.41) is 5.14. The number of halogens is 1. The zero-order valence-electron chi connectivity index (χ0n) is 12.0. The summed E-state index contributed by atoms with van der Waals surface area (Å²) in [5.41, 5.74) is 0.302. The van der Waals surface area contributed by atoms with E-state index in [-0.39, 0.29) is 21.9 Å². The molecule has 1 aromatic rings. The molecule has 0 spiro atoms. The molecule has 1 saturated carbocycles. The van der Waals surface area contributed by atoms with Crippen molar-refractivity contribution in [3.8, 4) is 0 Å². The summed E-state index contributed by atoms with van der Waals surface area (Å²) in [6.45, 7) is 4.73. The van der Waals surface area contributed by atoms with E-state index in [1.807, 2.05) is 13.8 Å². The Balaban J connectivity index is 2.34. The number of hydrogen-bond acceptors (Lipinski definition) is 3. The van der Waals surface area contributed by atoms with E-state index >= 15 is 0 Å². The molecule has 0 saturated heterocycles. The average Bonchev–Trinajstić information content (AvgIpc) is 3.18. The summed E-state index contributed by atoms with van der Waals surface area (Å²) < 4.78 is 23.0. The monoisotopic (exact) mass is 330 g/mol. The van der Waals surface area contributed by atoms with E-state index in [1.54, 1.807) is 4.90 Å². The number of rotatable bonds is 5. The third-order valence-corrected chi connectivity index (χ3v) is 4.69. The van der Waals surface area contributed by atoms with Gasteiger partial charge in [-0.3, -0.25) is 4.79 Å². The van der Waals surface area contributed by atoms with E-state index in [4.69, 9.17) is 16.7 Å². The van der Waals surface area contributed by atoms with E-state index < -0.39 is 10.0 Å². The molecular weight excluding hydrogens is 312 g/mol. The van der Waals surface area contributed by atoms with Gasteiger partial charge in [0.25, 0.3) is 5.91 Å². The van der Waals surface area contributed by atoms with Crippen LogP contribution in [0.4, 0.5) is 0 Å². The highest BCUT2D eigenvalue weighted by molar-refractivity contribution is 7.89. The van der Waals surface area contributed by atoms with Gasteiger partial charge in [0.2, 0.25) is 10.0 Å². The fourth-order valence-electron chi connectivity index (χ4n) is 2.20. The van der Waals surface area contributed by atoms with Gasteiger partial charge in [-0.15, -0.1) is 0 Å². The summed E-state index contributed by atoms with van der Waals surface area (Å²) in [6, 6.07) is 4.45. The number of hydrogen-bond donors (Lipinski definition) is 1. The highest BCUT2D eigenvalue weighted by Crippen LogP contribution is 2.30. The molecule has 5 nitrogen and oxygen atoms in total. The van der Waals surface area contributed by atoms with E-state index in [0.29, 0.717) is 18.0 Å². The Bertz CT molecular complexity index is 654. The number of nitrogens with two attached hydrogens (primary N) is 1. The van der Waals surface area contributed by atoms with Crippen molar-refractivity contribution in [2.45, 2.75) is 37.6 Å². The van der Waals surface area contributed by atoms with Gasteiger partial charge >= 0.3 is 0 Å². The van der Waals surface area contributed by atoms with Crippen LogP contribution in [0.25, 0.3) is 0 Å². The Morgan fingerprint density at radius 1 is 1.43 bits per heavy atom. The van der Waals surface area contributed by atoms with Crippen molar-refractivity contribution in [1.29, 1.82) is 0 Å². The van der Waals surface area contributed by atoms with Crippen molar-refractivity contribution in [1.82, 2.24) is 4.90 Å². The van der Waals surface area contributed by atoms with Gasteiger partial charge in [-0.05, 0) is 37.0 Å². The maximum absolute atomic E-state index is 12.6. The van der Waals surface area contributed by atoms with Crippen molar-refractivity contribution >= 4 is 27.5 Å². The maximum Gasteiger partial charge on any atom is 0.254 e. The van der Waals surface area contributed by atoms with Gasteiger partial charge in [-0.2, -0.15) is 0 Å². The molecule has 21 heavy (non-hydrogen) atoms. The third-order valence-electron chi connectivity index (χ3n) is 3.30. The van der Waals surface area contributed by atoms with E-state index in [0.717, 1.165) is 12.8 Å². The lowest BCUT2D eigenvalue weighted by atomic mass is 10.1. The van der Waals surface area contributed by atoms with Crippen LogP contribution in [0.2, 0.25) is 5.02 Å². The lowest BCUT2D eigenvalue weighted by Gasteiger charge is -2.24. The number of carbonyl (C=O) groups excluding carboxylic acids is 1. The van der Waals surface area contributed by atoms with Gasteiger partial charge in [0.15, 0.2) is 0 Å². The average molecular weight is 331 g/mol. The smallest absolute Gasteiger partial charge is 0.254 e. The van der Waals surface area contributed by atoms with Crippen molar-refractivity contribution in [3.05, 3.63) is 28.8 Å². The maximum atomic E-state index is 12.6. The molecule has 0 atom stereocenters. The fourth-order valence-corrected chi connectivity index (χ4v) is 3.27. The molecule has 7 heteroatoms. The fraction of sp³-hybridized carbons (Fsp3) is 0.500. The Hall–Kier alpha value is -1.11. The lowest BCUT2D eigenvalue weighted by molar-refractivity contribution is 0.0722. The standard InChI is InChI=1S/C14H19ClN2O3S/c1-9(2)8-17(11-4-5-11)14(18)10-3-6-12(15)13(7-10)21(16,19)20/h3,6-7,9,11H,4-5,8H2,1-2H3,(H2,16,19,20). The van der Waals surface area contributed by atoms with Crippen molar-refractivity contribution in [3.63, 3.8) is 0 Å². The minimum absolute atomic E-state index is 0.0240. The van der Waals surface area contributed by atoms with Crippen LogP contribution in [0.15, 0.2) is 23.1 Å². The first-order chi connectivity index (χ1) is 9.70. The molecule has 1 aromatic carbocycles. The molecule has 1 aliphatic rings. The van der Waals surface area contributed by atoms with Crippen LogP contribution in [0.3, 0.4) is 0 Å². The predicted octanol–water partition coefficient (Wildman–Crippen LogP) is 2.25.